The second-order valence-electron chi connectivity index (χ2n) is 9.87. The molecule has 0 unspecified atom stereocenters. The summed E-state index contributed by atoms with van der Waals surface area (Å²) in [6.07, 6.45) is 1.79. The van der Waals surface area contributed by atoms with Crippen molar-refractivity contribution < 1.29 is 23.4 Å². The summed E-state index contributed by atoms with van der Waals surface area (Å²) in [5.74, 6) is 0.221. The van der Waals surface area contributed by atoms with Crippen LogP contribution in [0, 0.1) is 17.8 Å². The van der Waals surface area contributed by atoms with Crippen molar-refractivity contribution in [3.63, 3.8) is 0 Å². The number of nitrogens with zero attached hydrogens (tertiary/aromatic N) is 1. The first-order valence-corrected chi connectivity index (χ1v) is 13.0. The summed E-state index contributed by atoms with van der Waals surface area (Å²) in [5, 5.41) is 21.6. The van der Waals surface area contributed by atoms with Crippen LogP contribution in [0.25, 0.3) is 0 Å². The highest BCUT2D eigenvalue weighted by atomic mass is 79.9. The number of halogens is 1. The molecular formula is C22H32BrNO5S. The first kappa shape index (κ1) is 22.7. The van der Waals surface area contributed by atoms with Gasteiger partial charge in [0.05, 0.1) is 28.3 Å². The fraction of sp³-hybridized carbons (Fsp3) is 0.727. The van der Waals surface area contributed by atoms with E-state index in [-0.39, 0.29) is 29.5 Å². The molecule has 0 amide bonds. The lowest BCUT2D eigenvalue weighted by atomic mass is 9.60. The molecule has 6 nitrogen and oxygen atoms in total. The molecule has 2 saturated heterocycles. The average Bonchev–Trinajstić information content (AvgIpc) is 2.68. The van der Waals surface area contributed by atoms with E-state index >= 15 is 0 Å². The molecule has 3 aliphatic rings. The van der Waals surface area contributed by atoms with E-state index in [1.54, 1.807) is 35.5 Å². The average molecular weight is 502 g/mol. The Hall–Kier alpha value is -0.510. The van der Waals surface area contributed by atoms with Gasteiger partial charge in [-0.15, -0.1) is 0 Å². The summed E-state index contributed by atoms with van der Waals surface area (Å²) < 4.78 is 34.9. The summed E-state index contributed by atoms with van der Waals surface area (Å²) in [6.45, 7) is 6.71. The molecule has 0 radical (unpaired) electrons. The monoisotopic (exact) mass is 501 g/mol. The lowest BCUT2D eigenvalue weighted by molar-refractivity contribution is -0.271. The van der Waals surface area contributed by atoms with Crippen molar-refractivity contribution in [3.8, 4) is 0 Å². The second kappa shape index (κ2) is 7.81. The number of benzene rings is 1. The number of piperidine rings is 1. The lowest BCUT2D eigenvalue weighted by Crippen LogP contribution is -2.65. The molecule has 0 spiro atoms. The van der Waals surface area contributed by atoms with Gasteiger partial charge in [0.2, 0.25) is 10.0 Å². The van der Waals surface area contributed by atoms with Gasteiger partial charge in [-0.1, -0.05) is 12.1 Å². The molecule has 2 aliphatic heterocycles. The van der Waals surface area contributed by atoms with E-state index in [2.05, 4.69) is 29.8 Å². The number of hydrogen-bond donors (Lipinski definition) is 2. The zero-order valence-corrected chi connectivity index (χ0v) is 20.2. The van der Waals surface area contributed by atoms with Crippen molar-refractivity contribution in [3.05, 3.63) is 28.7 Å². The van der Waals surface area contributed by atoms with Crippen LogP contribution in [0.3, 0.4) is 0 Å². The predicted octanol–water partition coefficient (Wildman–Crippen LogP) is 3.17. The van der Waals surface area contributed by atoms with Gasteiger partial charge in [-0.05, 0) is 86.4 Å². The maximum atomic E-state index is 13.1. The highest BCUT2D eigenvalue weighted by molar-refractivity contribution is 9.10. The van der Waals surface area contributed by atoms with Gasteiger partial charge in [-0.2, -0.15) is 4.31 Å². The van der Waals surface area contributed by atoms with Gasteiger partial charge >= 0.3 is 0 Å². The fourth-order valence-corrected chi connectivity index (χ4v) is 8.06. The number of fused-ring (bicyclic) bond motifs is 2. The third-order valence-electron chi connectivity index (χ3n) is 7.71. The minimum absolute atomic E-state index is 0.143. The number of ether oxygens (including phenoxy) is 1. The van der Waals surface area contributed by atoms with Crippen LogP contribution in [0.15, 0.2) is 33.6 Å². The maximum absolute atomic E-state index is 13.1. The minimum Gasteiger partial charge on any atom is -0.390 e. The molecule has 30 heavy (non-hydrogen) atoms. The molecule has 0 aromatic heterocycles. The Morgan fingerprint density at radius 2 is 1.77 bits per heavy atom. The lowest BCUT2D eigenvalue weighted by Gasteiger charge is -2.58. The van der Waals surface area contributed by atoms with Crippen molar-refractivity contribution >= 4 is 26.0 Å². The third-order valence-corrected chi connectivity index (χ3v) is 10.6. The van der Waals surface area contributed by atoms with E-state index < -0.39 is 21.7 Å². The Morgan fingerprint density at radius 1 is 1.13 bits per heavy atom. The largest absolute Gasteiger partial charge is 0.390 e. The van der Waals surface area contributed by atoms with E-state index in [0.29, 0.717) is 41.7 Å². The molecule has 5 atom stereocenters. The molecule has 1 aromatic rings. The standard InChI is InChI=1S/C22H32BrNO5S/c1-21(2)15-12-16(22(3,26)19(25)13-15)20(29-21)14-8-10-24(11-9-14)30(27,28)18-7-5-4-6-17(18)23/h4-7,14-16,19-20,25-26H,8-13H2,1-3H3/t15-,16+,19+,20+,22+/m1/s1. The highest BCUT2D eigenvalue weighted by Crippen LogP contribution is 2.52. The van der Waals surface area contributed by atoms with Gasteiger partial charge in [-0.3, -0.25) is 0 Å². The number of sulfonamides is 1. The smallest absolute Gasteiger partial charge is 0.244 e. The van der Waals surface area contributed by atoms with Crippen LogP contribution in [-0.4, -0.2) is 59.4 Å². The van der Waals surface area contributed by atoms with Crippen LogP contribution in [0.5, 0.6) is 0 Å². The van der Waals surface area contributed by atoms with Gasteiger partial charge < -0.3 is 14.9 Å². The molecule has 1 aliphatic carbocycles. The quantitative estimate of drug-likeness (QED) is 0.663. The van der Waals surface area contributed by atoms with Crippen molar-refractivity contribution in [2.24, 2.45) is 17.8 Å². The summed E-state index contributed by atoms with van der Waals surface area (Å²) >= 11 is 3.36. The van der Waals surface area contributed by atoms with E-state index in [4.69, 9.17) is 4.74 Å². The number of aliphatic hydroxyl groups excluding tert-OH is 1. The van der Waals surface area contributed by atoms with E-state index in [9.17, 15) is 18.6 Å². The Balaban J connectivity index is 1.51. The summed E-state index contributed by atoms with van der Waals surface area (Å²) in [6, 6.07) is 6.90. The molecule has 3 fully saturated rings. The van der Waals surface area contributed by atoms with Gasteiger partial charge in [0.1, 0.15) is 0 Å². The Kier molecular flexibility index (Phi) is 5.91. The molecular weight excluding hydrogens is 470 g/mol. The zero-order chi connectivity index (χ0) is 21.9. The van der Waals surface area contributed by atoms with E-state index in [0.717, 1.165) is 6.42 Å². The van der Waals surface area contributed by atoms with Crippen molar-refractivity contribution in [1.29, 1.82) is 0 Å². The Labute approximate surface area is 187 Å². The van der Waals surface area contributed by atoms with Crippen LogP contribution < -0.4 is 0 Å². The number of rotatable bonds is 3. The number of aliphatic hydroxyl groups is 2. The molecule has 8 heteroatoms. The van der Waals surface area contributed by atoms with Crippen LogP contribution in [0.2, 0.25) is 0 Å². The van der Waals surface area contributed by atoms with Crippen LogP contribution in [-0.2, 0) is 14.8 Å². The van der Waals surface area contributed by atoms with Crippen LogP contribution in [0.1, 0.15) is 46.5 Å². The Morgan fingerprint density at radius 3 is 2.40 bits per heavy atom. The first-order valence-electron chi connectivity index (χ1n) is 10.8. The van der Waals surface area contributed by atoms with Gasteiger partial charge in [-0.25, -0.2) is 8.42 Å². The first-order chi connectivity index (χ1) is 13.9. The molecule has 2 heterocycles. The van der Waals surface area contributed by atoms with Crippen LogP contribution in [0.4, 0.5) is 0 Å². The Bertz CT molecular complexity index is 895. The maximum Gasteiger partial charge on any atom is 0.244 e. The van der Waals surface area contributed by atoms with Gasteiger partial charge in [0.25, 0.3) is 0 Å². The molecule has 2 bridgehead atoms. The van der Waals surface area contributed by atoms with E-state index in [1.165, 1.54) is 0 Å². The van der Waals surface area contributed by atoms with E-state index in [1.807, 2.05) is 0 Å². The summed E-state index contributed by atoms with van der Waals surface area (Å²) in [5.41, 5.74) is -1.55. The van der Waals surface area contributed by atoms with Crippen LogP contribution >= 0.6 is 15.9 Å². The minimum atomic E-state index is -3.56. The molecule has 168 valence electrons. The van der Waals surface area contributed by atoms with Crippen molar-refractivity contribution in [2.75, 3.05) is 13.1 Å². The number of hydrogen-bond acceptors (Lipinski definition) is 5. The van der Waals surface area contributed by atoms with Gasteiger partial charge in [0, 0.05) is 23.5 Å². The topological polar surface area (TPSA) is 87.1 Å². The molecule has 4 rings (SSSR count). The fourth-order valence-electron chi connectivity index (χ4n) is 5.62. The highest BCUT2D eigenvalue weighted by Gasteiger charge is 2.58. The zero-order valence-electron chi connectivity index (χ0n) is 17.8. The van der Waals surface area contributed by atoms with Crippen molar-refractivity contribution in [1.82, 2.24) is 4.31 Å². The SMILES string of the molecule is CC1(C)O[C@@H](C2CCN(S(=O)(=O)c3ccccc3Br)CC2)[C@@H]2C[C@@H]1C[C@H](O)[C@@]2(C)O. The third kappa shape index (κ3) is 3.77. The molecule has 1 aromatic carbocycles. The normalized spacial score (nSPS) is 37.8. The summed E-state index contributed by atoms with van der Waals surface area (Å²) in [7, 11) is -3.56. The van der Waals surface area contributed by atoms with Gasteiger partial charge in [0.15, 0.2) is 0 Å². The molecule has 2 N–H and O–H groups in total. The second-order valence-corrected chi connectivity index (χ2v) is 12.6. The van der Waals surface area contributed by atoms with Crippen molar-refractivity contribution in [2.45, 2.75) is 74.8 Å². The summed E-state index contributed by atoms with van der Waals surface area (Å²) in [4.78, 5) is 0.291. The predicted molar refractivity (Wildman–Crippen MR) is 117 cm³/mol. The molecule has 1 saturated carbocycles.